The van der Waals surface area contributed by atoms with Gasteiger partial charge in [0.1, 0.15) is 0 Å². The molecule has 6 heteroatoms. The first-order valence-corrected chi connectivity index (χ1v) is 8.55. The molecule has 1 fully saturated rings. The lowest BCUT2D eigenvalue weighted by Gasteiger charge is -2.34. The summed E-state index contributed by atoms with van der Waals surface area (Å²) < 4.78 is 23.3. The highest BCUT2D eigenvalue weighted by Crippen LogP contribution is 2.32. The van der Waals surface area contributed by atoms with E-state index in [-0.39, 0.29) is 4.90 Å². The Labute approximate surface area is 121 Å². The highest BCUT2D eigenvalue weighted by atomic mass is 32.2. The molecule has 0 atom stereocenters. The van der Waals surface area contributed by atoms with E-state index in [9.17, 15) is 8.42 Å². The maximum Gasteiger partial charge on any atom is 0.238 e. The van der Waals surface area contributed by atoms with Crippen molar-refractivity contribution in [1.82, 2.24) is 0 Å². The molecule has 0 bridgehead atoms. The normalized spacial score (nSPS) is 17.4. The van der Waals surface area contributed by atoms with E-state index in [4.69, 9.17) is 10.9 Å². The second-order valence-electron chi connectivity index (χ2n) is 5.55. The number of nitrogens with two attached hydrogens (primary N) is 2. The largest absolute Gasteiger partial charge is 0.399 e. The third kappa shape index (κ3) is 3.07. The topological polar surface area (TPSA) is 89.4 Å². The average molecular weight is 297 g/mol. The first kappa shape index (κ1) is 15.1. The number of nitrogens with zero attached hydrogens (tertiary/aromatic N) is 1. The van der Waals surface area contributed by atoms with Gasteiger partial charge in [-0.1, -0.05) is 13.3 Å². The Morgan fingerprint density at radius 1 is 1.30 bits per heavy atom. The van der Waals surface area contributed by atoms with E-state index in [1.54, 1.807) is 6.92 Å². The van der Waals surface area contributed by atoms with Crippen molar-refractivity contribution < 1.29 is 8.42 Å². The van der Waals surface area contributed by atoms with E-state index in [1.165, 1.54) is 12.5 Å². The molecule has 1 saturated heterocycles. The second kappa shape index (κ2) is 5.61. The van der Waals surface area contributed by atoms with Crippen molar-refractivity contribution in [2.75, 3.05) is 23.7 Å². The number of rotatable bonds is 3. The van der Waals surface area contributed by atoms with Gasteiger partial charge in [0.05, 0.1) is 4.90 Å². The maximum absolute atomic E-state index is 11.6. The number of benzene rings is 1. The highest BCUT2D eigenvalue weighted by Gasteiger charge is 2.22. The van der Waals surface area contributed by atoms with E-state index in [0.717, 1.165) is 37.5 Å². The molecule has 2 rings (SSSR count). The Bertz CT molecular complexity index is 591. The van der Waals surface area contributed by atoms with Gasteiger partial charge in [-0.2, -0.15) is 0 Å². The Kier molecular flexibility index (Phi) is 4.25. The lowest BCUT2D eigenvalue weighted by atomic mass is 9.94. The molecule has 0 saturated carbocycles. The monoisotopic (exact) mass is 297 g/mol. The number of hydrogen-bond donors (Lipinski definition) is 2. The zero-order valence-electron chi connectivity index (χ0n) is 12.1. The number of nitrogen functional groups attached to an aromatic ring is 1. The summed E-state index contributed by atoms with van der Waals surface area (Å²) in [5.74, 6) is 0.769. The first-order valence-electron chi connectivity index (χ1n) is 7.00. The Morgan fingerprint density at radius 3 is 2.40 bits per heavy atom. The number of anilines is 2. The molecule has 1 heterocycles. The van der Waals surface area contributed by atoms with Crippen LogP contribution in [0, 0.1) is 12.8 Å². The first-order chi connectivity index (χ1) is 9.32. The summed E-state index contributed by atoms with van der Waals surface area (Å²) in [6, 6.07) is 3.28. The van der Waals surface area contributed by atoms with Crippen LogP contribution in [-0.4, -0.2) is 21.5 Å². The fraction of sp³-hybridized carbons (Fsp3) is 0.571. The van der Waals surface area contributed by atoms with Crippen LogP contribution < -0.4 is 15.8 Å². The molecular formula is C14H23N3O2S. The summed E-state index contributed by atoms with van der Waals surface area (Å²) in [7, 11) is -3.74. The van der Waals surface area contributed by atoms with E-state index in [0.29, 0.717) is 11.3 Å². The van der Waals surface area contributed by atoms with Gasteiger partial charge in [-0.15, -0.1) is 0 Å². The van der Waals surface area contributed by atoms with E-state index in [2.05, 4.69) is 11.8 Å². The Morgan fingerprint density at radius 2 is 1.90 bits per heavy atom. The molecule has 20 heavy (non-hydrogen) atoms. The lowest BCUT2D eigenvalue weighted by Crippen LogP contribution is -2.34. The van der Waals surface area contributed by atoms with E-state index >= 15 is 0 Å². The van der Waals surface area contributed by atoms with Gasteiger partial charge in [0.25, 0.3) is 0 Å². The van der Waals surface area contributed by atoms with E-state index < -0.39 is 10.0 Å². The third-order valence-corrected chi connectivity index (χ3v) is 5.23. The molecule has 5 nitrogen and oxygen atoms in total. The highest BCUT2D eigenvalue weighted by molar-refractivity contribution is 7.89. The minimum Gasteiger partial charge on any atom is -0.399 e. The second-order valence-corrected chi connectivity index (χ2v) is 7.08. The summed E-state index contributed by atoms with van der Waals surface area (Å²) in [6.45, 7) is 5.88. The SMILES string of the molecule is CCC1CCN(c2cc(N)cc(S(N)(=O)=O)c2C)CC1. The standard InChI is InChI=1S/C14H23N3O2S/c1-3-11-4-6-17(7-5-11)13-8-12(15)9-14(10(13)2)20(16,18)19/h8-9,11H,3-7,15H2,1-2H3,(H2,16,18,19). The molecule has 0 unspecified atom stereocenters. The van der Waals surface area contributed by atoms with Crippen LogP contribution in [0.1, 0.15) is 31.7 Å². The third-order valence-electron chi connectivity index (χ3n) is 4.19. The van der Waals surface area contributed by atoms with E-state index in [1.807, 2.05) is 6.07 Å². The predicted octanol–water partition coefficient (Wildman–Crippen LogP) is 1.85. The summed E-state index contributed by atoms with van der Waals surface area (Å²) in [5, 5.41) is 5.27. The van der Waals surface area contributed by atoms with Gasteiger partial charge in [0.2, 0.25) is 10.0 Å². The van der Waals surface area contributed by atoms with Gasteiger partial charge in [-0.3, -0.25) is 0 Å². The fourth-order valence-electron chi connectivity index (χ4n) is 2.90. The number of piperidine rings is 1. The van der Waals surface area contributed by atoms with Gasteiger partial charge < -0.3 is 10.6 Å². The fourth-order valence-corrected chi connectivity index (χ4v) is 3.73. The summed E-state index contributed by atoms with van der Waals surface area (Å²) in [4.78, 5) is 2.34. The zero-order valence-corrected chi connectivity index (χ0v) is 12.9. The lowest BCUT2D eigenvalue weighted by molar-refractivity contribution is 0.395. The summed E-state index contributed by atoms with van der Waals surface area (Å²) in [5.41, 5.74) is 7.86. The smallest absolute Gasteiger partial charge is 0.238 e. The van der Waals surface area contributed by atoms with Crippen LogP contribution in [0.25, 0.3) is 0 Å². The average Bonchev–Trinajstić information content (AvgIpc) is 2.40. The van der Waals surface area contributed by atoms with Crippen molar-refractivity contribution in [1.29, 1.82) is 0 Å². The number of primary sulfonamides is 1. The van der Waals surface area contributed by atoms with Crippen molar-refractivity contribution in [2.24, 2.45) is 11.1 Å². The van der Waals surface area contributed by atoms with Crippen LogP contribution in [0.3, 0.4) is 0 Å². The van der Waals surface area contributed by atoms with Crippen LogP contribution in [0.2, 0.25) is 0 Å². The van der Waals surface area contributed by atoms with Crippen molar-refractivity contribution in [3.63, 3.8) is 0 Å². The quantitative estimate of drug-likeness (QED) is 0.833. The maximum atomic E-state index is 11.6. The molecule has 1 aromatic rings. The molecule has 4 N–H and O–H groups in total. The summed E-state index contributed by atoms with van der Waals surface area (Å²) >= 11 is 0. The van der Waals surface area contributed by atoms with Crippen LogP contribution >= 0.6 is 0 Å². The van der Waals surface area contributed by atoms with Crippen molar-refractivity contribution in [2.45, 2.75) is 38.0 Å². The van der Waals surface area contributed by atoms with Gasteiger partial charge >= 0.3 is 0 Å². The van der Waals surface area contributed by atoms with Gasteiger partial charge in [-0.05, 0) is 43.4 Å². The van der Waals surface area contributed by atoms with Crippen LogP contribution in [-0.2, 0) is 10.0 Å². The van der Waals surface area contributed by atoms with Crippen molar-refractivity contribution >= 4 is 21.4 Å². The Balaban J connectivity index is 2.36. The van der Waals surface area contributed by atoms with Crippen LogP contribution in [0.5, 0.6) is 0 Å². The Hall–Kier alpha value is -1.27. The van der Waals surface area contributed by atoms with Gasteiger partial charge in [0, 0.05) is 24.5 Å². The molecule has 1 aliphatic heterocycles. The van der Waals surface area contributed by atoms with Gasteiger partial charge in [-0.25, -0.2) is 13.6 Å². The van der Waals surface area contributed by atoms with Crippen LogP contribution in [0.4, 0.5) is 11.4 Å². The molecular weight excluding hydrogens is 274 g/mol. The molecule has 1 aliphatic rings. The molecule has 1 aromatic carbocycles. The molecule has 0 radical (unpaired) electrons. The zero-order chi connectivity index (χ0) is 14.9. The molecule has 0 aromatic heterocycles. The molecule has 112 valence electrons. The minimum atomic E-state index is -3.74. The predicted molar refractivity (Wildman–Crippen MR) is 82.2 cm³/mol. The van der Waals surface area contributed by atoms with Gasteiger partial charge in [0.15, 0.2) is 0 Å². The summed E-state index contributed by atoms with van der Waals surface area (Å²) in [6.07, 6.45) is 3.47. The molecule has 0 amide bonds. The number of hydrogen-bond acceptors (Lipinski definition) is 4. The minimum absolute atomic E-state index is 0.130. The van der Waals surface area contributed by atoms with Crippen molar-refractivity contribution in [3.05, 3.63) is 17.7 Å². The molecule has 0 aliphatic carbocycles. The van der Waals surface area contributed by atoms with Crippen LogP contribution in [0.15, 0.2) is 17.0 Å². The number of sulfonamides is 1. The molecule has 0 spiro atoms. The van der Waals surface area contributed by atoms with Crippen molar-refractivity contribution in [3.8, 4) is 0 Å².